The number of hydrogen-bond donors (Lipinski definition) is 0. The van der Waals surface area contributed by atoms with E-state index >= 15 is 0 Å². The summed E-state index contributed by atoms with van der Waals surface area (Å²) in [6.45, 7) is 1.87. The molecule has 1 rings (SSSR count). The molecule has 0 bridgehead atoms. The molecule has 0 aliphatic heterocycles. The first-order chi connectivity index (χ1) is 4.77. The molecule has 1 heterocycles. The summed E-state index contributed by atoms with van der Waals surface area (Å²) in [5.74, 6) is 0. The minimum Gasteiger partial charge on any atom is -0.298 e. The van der Waals surface area contributed by atoms with E-state index in [1.165, 1.54) is 11.3 Å². The summed E-state index contributed by atoms with van der Waals surface area (Å²) in [7, 11) is 0. The van der Waals surface area contributed by atoms with Gasteiger partial charge in [-0.15, -0.1) is 11.3 Å². The third-order valence-corrected chi connectivity index (χ3v) is 2.14. The Hall–Kier alpha value is -0.960. The van der Waals surface area contributed by atoms with Crippen molar-refractivity contribution in [2.24, 2.45) is 0 Å². The second kappa shape index (κ2) is 2.75. The standard InChI is InChI=1S/C7H6O2S/c1-5-2-6(3-8)7(4-9)10-5/h2-4H,1H3. The zero-order chi connectivity index (χ0) is 7.56. The van der Waals surface area contributed by atoms with E-state index in [-0.39, 0.29) is 0 Å². The first kappa shape index (κ1) is 7.15. The van der Waals surface area contributed by atoms with Crippen molar-refractivity contribution in [3.63, 3.8) is 0 Å². The molecule has 2 nitrogen and oxygen atoms in total. The molecule has 0 aliphatic carbocycles. The van der Waals surface area contributed by atoms with Gasteiger partial charge < -0.3 is 0 Å². The molecule has 0 aliphatic rings. The molecule has 0 fully saturated rings. The maximum absolute atomic E-state index is 10.3. The topological polar surface area (TPSA) is 34.1 Å². The van der Waals surface area contributed by atoms with Crippen LogP contribution in [0.15, 0.2) is 6.07 Å². The first-order valence-corrected chi connectivity index (χ1v) is 3.60. The Morgan fingerprint density at radius 1 is 1.40 bits per heavy atom. The number of thiophene rings is 1. The van der Waals surface area contributed by atoms with Crippen molar-refractivity contribution in [3.05, 3.63) is 21.4 Å². The summed E-state index contributed by atoms with van der Waals surface area (Å²) < 4.78 is 0. The molecule has 0 saturated carbocycles. The first-order valence-electron chi connectivity index (χ1n) is 2.78. The Bertz CT molecular complexity index is 237. The molecule has 0 unspecified atom stereocenters. The maximum atomic E-state index is 10.3. The van der Waals surface area contributed by atoms with Gasteiger partial charge in [0.2, 0.25) is 0 Å². The second-order valence-corrected chi connectivity index (χ2v) is 3.20. The summed E-state index contributed by atoms with van der Waals surface area (Å²) in [6, 6.07) is 1.71. The fourth-order valence-electron chi connectivity index (χ4n) is 0.736. The molecule has 10 heavy (non-hydrogen) atoms. The molecule has 0 saturated heterocycles. The molecule has 52 valence electrons. The summed E-state index contributed by atoms with van der Waals surface area (Å²) in [5, 5.41) is 0. The Labute approximate surface area is 62.5 Å². The highest BCUT2D eigenvalue weighted by Gasteiger charge is 2.02. The van der Waals surface area contributed by atoms with Gasteiger partial charge in [-0.1, -0.05) is 0 Å². The highest BCUT2D eigenvalue weighted by Crippen LogP contribution is 2.17. The Morgan fingerprint density at radius 2 is 2.10 bits per heavy atom. The van der Waals surface area contributed by atoms with Gasteiger partial charge in [-0.3, -0.25) is 9.59 Å². The lowest BCUT2D eigenvalue weighted by Crippen LogP contribution is -1.79. The van der Waals surface area contributed by atoms with Crippen LogP contribution >= 0.6 is 11.3 Å². The largest absolute Gasteiger partial charge is 0.298 e. The van der Waals surface area contributed by atoms with E-state index in [4.69, 9.17) is 0 Å². The van der Waals surface area contributed by atoms with Crippen molar-refractivity contribution in [3.8, 4) is 0 Å². The minimum absolute atomic E-state index is 0.498. The molecule has 0 N–H and O–H groups in total. The monoisotopic (exact) mass is 154 g/mol. The van der Waals surface area contributed by atoms with Gasteiger partial charge >= 0.3 is 0 Å². The van der Waals surface area contributed by atoms with E-state index < -0.39 is 0 Å². The predicted octanol–water partition coefficient (Wildman–Crippen LogP) is 1.68. The highest BCUT2D eigenvalue weighted by atomic mass is 32.1. The molecular formula is C7H6O2S. The summed E-state index contributed by atoms with van der Waals surface area (Å²) >= 11 is 1.34. The molecule has 0 spiro atoms. The van der Waals surface area contributed by atoms with Crippen LogP contribution in [0.1, 0.15) is 24.9 Å². The number of carbonyl (C=O) groups excluding carboxylic acids is 2. The number of hydrogen-bond acceptors (Lipinski definition) is 3. The van der Waals surface area contributed by atoms with Crippen LogP contribution in [0.3, 0.4) is 0 Å². The molecule has 1 aromatic heterocycles. The highest BCUT2D eigenvalue weighted by molar-refractivity contribution is 7.13. The number of aryl methyl sites for hydroxylation is 1. The van der Waals surface area contributed by atoms with Crippen LogP contribution in [-0.4, -0.2) is 12.6 Å². The quantitative estimate of drug-likeness (QED) is 0.607. The summed E-state index contributed by atoms with van der Waals surface area (Å²) in [4.78, 5) is 22.0. The Kier molecular flexibility index (Phi) is 1.97. The molecule has 0 atom stereocenters. The van der Waals surface area contributed by atoms with Gasteiger partial charge in [-0.2, -0.15) is 0 Å². The van der Waals surface area contributed by atoms with Gasteiger partial charge in [-0.05, 0) is 13.0 Å². The SMILES string of the molecule is Cc1cc(C=O)c(C=O)s1. The summed E-state index contributed by atoms with van der Waals surface area (Å²) in [6.07, 6.45) is 1.41. The van der Waals surface area contributed by atoms with Gasteiger partial charge in [-0.25, -0.2) is 0 Å². The molecule has 1 aromatic rings. The molecule has 0 aromatic carbocycles. The lowest BCUT2D eigenvalue weighted by Gasteiger charge is -1.78. The van der Waals surface area contributed by atoms with Crippen LogP contribution < -0.4 is 0 Å². The molecule has 0 amide bonds. The number of aldehydes is 2. The average molecular weight is 154 g/mol. The van der Waals surface area contributed by atoms with Crippen molar-refractivity contribution < 1.29 is 9.59 Å². The van der Waals surface area contributed by atoms with Crippen LogP contribution in [-0.2, 0) is 0 Å². The van der Waals surface area contributed by atoms with E-state index in [1.54, 1.807) is 6.07 Å². The van der Waals surface area contributed by atoms with Crippen LogP contribution in [0, 0.1) is 6.92 Å². The minimum atomic E-state index is 0.498. The van der Waals surface area contributed by atoms with E-state index in [0.29, 0.717) is 23.0 Å². The fraction of sp³-hybridized carbons (Fsp3) is 0.143. The number of carbonyl (C=O) groups is 2. The summed E-state index contributed by atoms with van der Waals surface area (Å²) in [5.41, 5.74) is 0.498. The Balaban J connectivity index is 3.20. The van der Waals surface area contributed by atoms with Crippen molar-refractivity contribution in [1.82, 2.24) is 0 Å². The average Bonchev–Trinajstić information content (AvgIpc) is 2.30. The van der Waals surface area contributed by atoms with E-state index in [0.717, 1.165) is 4.88 Å². The molecule has 3 heteroatoms. The third kappa shape index (κ3) is 1.14. The van der Waals surface area contributed by atoms with E-state index in [9.17, 15) is 9.59 Å². The van der Waals surface area contributed by atoms with Crippen molar-refractivity contribution >= 4 is 23.9 Å². The van der Waals surface area contributed by atoms with Crippen LogP contribution in [0.2, 0.25) is 0 Å². The normalized spacial score (nSPS) is 9.30. The molecule has 0 radical (unpaired) electrons. The van der Waals surface area contributed by atoms with Crippen LogP contribution in [0.5, 0.6) is 0 Å². The van der Waals surface area contributed by atoms with Crippen LogP contribution in [0.4, 0.5) is 0 Å². The van der Waals surface area contributed by atoms with Gasteiger partial charge in [0.25, 0.3) is 0 Å². The van der Waals surface area contributed by atoms with Crippen molar-refractivity contribution in [2.45, 2.75) is 6.92 Å². The predicted molar refractivity (Wildman–Crippen MR) is 39.8 cm³/mol. The van der Waals surface area contributed by atoms with Crippen LogP contribution in [0.25, 0.3) is 0 Å². The van der Waals surface area contributed by atoms with Crippen molar-refractivity contribution in [1.29, 1.82) is 0 Å². The Morgan fingerprint density at radius 3 is 2.50 bits per heavy atom. The maximum Gasteiger partial charge on any atom is 0.160 e. The number of rotatable bonds is 2. The fourth-order valence-corrected chi connectivity index (χ4v) is 1.54. The molecular weight excluding hydrogens is 148 g/mol. The van der Waals surface area contributed by atoms with Gasteiger partial charge in [0, 0.05) is 10.4 Å². The van der Waals surface area contributed by atoms with Crippen molar-refractivity contribution in [2.75, 3.05) is 0 Å². The lowest BCUT2D eigenvalue weighted by atomic mass is 10.3. The zero-order valence-corrected chi connectivity index (χ0v) is 6.27. The lowest BCUT2D eigenvalue weighted by molar-refractivity contribution is 0.109. The zero-order valence-electron chi connectivity index (χ0n) is 5.46. The van der Waals surface area contributed by atoms with E-state index in [1.807, 2.05) is 6.92 Å². The van der Waals surface area contributed by atoms with E-state index in [2.05, 4.69) is 0 Å². The third-order valence-electron chi connectivity index (χ3n) is 1.15. The smallest absolute Gasteiger partial charge is 0.160 e. The van der Waals surface area contributed by atoms with Gasteiger partial charge in [0.05, 0.1) is 4.88 Å². The second-order valence-electron chi connectivity index (χ2n) is 1.91. The van der Waals surface area contributed by atoms with Gasteiger partial charge in [0.15, 0.2) is 12.6 Å². The van der Waals surface area contributed by atoms with Gasteiger partial charge in [0.1, 0.15) is 0 Å².